The Morgan fingerprint density at radius 2 is 1.60 bits per heavy atom. The van der Waals surface area contributed by atoms with Crippen molar-refractivity contribution >= 4 is 11.0 Å². The second kappa shape index (κ2) is 5.90. The summed E-state index contributed by atoms with van der Waals surface area (Å²) in [5.41, 5.74) is 6.28. The maximum Gasteiger partial charge on any atom is 0.202 e. The molecule has 3 nitrogen and oxygen atoms in total. The zero-order chi connectivity index (χ0) is 13.2. The first-order valence-corrected chi connectivity index (χ1v) is 6.16. The second-order valence-corrected chi connectivity index (χ2v) is 4.48. The van der Waals surface area contributed by atoms with Gasteiger partial charge in [-0.25, -0.2) is 0 Å². The summed E-state index contributed by atoms with van der Waals surface area (Å²) in [5.74, 6) is 0. The molecule has 20 heavy (non-hydrogen) atoms. The Morgan fingerprint density at radius 3 is 2.35 bits per heavy atom. The van der Waals surface area contributed by atoms with E-state index < -0.39 is 0 Å². The van der Waals surface area contributed by atoms with Gasteiger partial charge < -0.3 is 22.6 Å². The molecule has 3 aromatic rings. The number of para-hydroxylation sites is 1. The van der Waals surface area contributed by atoms with Gasteiger partial charge in [0.05, 0.1) is 10.9 Å². The summed E-state index contributed by atoms with van der Waals surface area (Å²) < 4.78 is 5.53. The summed E-state index contributed by atoms with van der Waals surface area (Å²) in [7, 11) is 0. The van der Waals surface area contributed by atoms with E-state index in [-0.39, 0.29) is 23.9 Å². The van der Waals surface area contributed by atoms with Crippen LogP contribution in [-0.2, 0) is 0 Å². The number of hydrogen-bond donors (Lipinski definition) is 1. The van der Waals surface area contributed by atoms with Gasteiger partial charge in [-0.05, 0) is 12.1 Å². The Labute approximate surface area is 122 Å². The fraction of sp³-hybridized carbons (Fsp3) is 0.0625. The minimum absolute atomic E-state index is 0. The Hall–Kier alpha value is -2.10. The van der Waals surface area contributed by atoms with Crippen molar-refractivity contribution in [2.45, 2.75) is 6.04 Å². The lowest BCUT2D eigenvalue weighted by Gasteiger charge is -2.08. The van der Waals surface area contributed by atoms with Gasteiger partial charge in [0.1, 0.15) is 17.9 Å². The van der Waals surface area contributed by atoms with E-state index in [4.69, 9.17) is 4.42 Å². The predicted octanol–water partition coefficient (Wildman–Crippen LogP) is -0.872. The van der Waals surface area contributed by atoms with Crippen LogP contribution < -0.4 is 23.6 Å². The van der Waals surface area contributed by atoms with Gasteiger partial charge in [-0.2, -0.15) is 0 Å². The first kappa shape index (κ1) is 14.3. The van der Waals surface area contributed by atoms with Gasteiger partial charge in [0.2, 0.25) is 5.43 Å². The minimum Gasteiger partial charge on any atom is -1.00 e. The summed E-state index contributed by atoms with van der Waals surface area (Å²) >= 11 is 0. The zero-order valence-corrected chi connectivity index (χ0v) is 11.5. The summed E-state index contributed by atoms with van der Waals surface area (Å²) in [4.78, 5) is 12.4. The molecule has 2 aromatic carbocycles. The molecule has 0 aliphatic heterocycles. The Morgan fingerprint density at radius 1 is 0.950 bits per heavy atom. The zero-order valence-electron chi connectivity index (χ0n) is 10.8. The second-order valence-electron chi connectivity index (χ2n) is 4.48. The van der Waals surface area contributed by atoms with Crippen molar-refractivity contribution in [1.82, 2.24) is 0 Å². The van der Waals surface area contributed by atoms with E-state index in [1.807, 2.05) is 42.5 Å². The number of rotatable bonds is 2. The molecule has 102 valence electrons. The number of halogens is 1. The van der Waals surface area contributed by atoms with Crippen LogP contribution in [0.25, 0.3) is 11.0 Å². The van der Waals surface area contributed by atoms with Crippen LogP contribution in [0.5, 0.6) is 0 Å². The highest BCUT2D eigenvalue weighted by molar-refractivity contribution is 5.76. The lowest BCUT2D eigenvalue weighted by molar-refractivity contribution is -0.412. The van der Waals surface area contributed by atoms with E-state index in [0.717, 1.165) is 5.56 Å². The molecule has 3 N–H and O–H groups in total. The van der Waals surface area contributed by atoms with Crippen LogP contribution in [0.15, 0.2) is 70.1 Å². The van der Waals surface area contributed by atoms with Crippen molar-refractivity contribution in [3.05, 3.63) is 82.2 Å². The summed E-state index contributed by atoms with van der Waals surface area (Å²) in [6.45, 7) is 0. The van der Waals surface area contributed by atoms with Gasteiger partial charge in [0.25, 0.3) is 0 Å². The van der Waals surface area contributed by atoms with Gasteiger partial charge in [-0.3, -0.25) is 4.79 Å². The molecule has 3 rings (SSSR count). The van der Waals surface area contributed by atoms with E-state index in [9.17, 15) is 4.79 Å². The number of fused-ring (bicyclic) bond motifs is 1. The molecule has 0 saturated heterocycles. The van der Waals surface area contributed by atoms with E-state index in [0.29, 0.717) is 16.5 Å². The van der Waals surface area contributed by atoms with Gasteiger partial charge in [0.15, 0.2) is 0 Å². The molecule has 1 unspecified atom stereocenters. The molecule has 0 saturated carbocycles. The van der Waals surface area contributed by atoms with Crippen molar-refractivity contribution in [1.29, 1.82) is 0 Å². The first-order chi connectivity index (χ1) is 9.27. The normalized spacial score (nSPS) is 11.8. The van der Waals surface area contributed by atoms with Gasteiger partial charge in [-0.15, -0.1) is 0 Å². The molecule has 0 bridgehead atoms. The van der Waals surface area contributed by atoms with Crippen molar-refractivity contribution in [3.63, 3.8) is 0 Å². The SMILES string of the molecule is [Cl-].[NH3+]C(c1ccccc1)c1coc2ccccc2c1=O. The van der Waals surface area contributed by atoms with Crippen LogP contribution in [0, 0.1) is 0 Å². The number of quaternary nitrogens is 1. The molecule has 0 aliphatic rings. The fourth-order valence-corrected chi connectivity index (χ4v) is 2.20. The maximum atomic E-state index is 12.4. The van der Waals surface area contributed by atoms with Gasteiger partial charge in [-0.1, -0.05) is 42.5 Å². The van der Waals surface area contributed by atoms with E-state index in [1.165, 1.54) is 6.26 Å². The third-order valence-corrected chi connectivity index (χ3v) is 3.28. The third-order valence-electron chi connectivity index (χ3n) is 3.28. The third kappa shape index (κ3) is 2.46. The summed E-state index contributed by atoms with van der Waals surface area (Å²) in [6, 6.07) is 16.8. The minimum atomic E-state index is -0.220. The highest BCUT2D eigenvalue weighted by Gasteiger charge is 2.18. The monoisotopic (exact) mass is 287 g/mol. The molecule has 0 radical (unpaired) electrons. The molecular weight excluding hydrogens is 274 g/mol. The van der Waals surface area contributed by atoms with Crippen molar-refractivity contribution in [3.8, 4) is 0 Å². The first-order valence-electron chi connectivity index (χ1n) is 6.16. The fourth-order valence-electron chi connectivity index (χ4n) is 2.20. The van der Waals surface area contributed by atoms with E-state index in [2.05, 4.69) is 5.73 Å². The van der Waals surface area contributed by atoms with Crippen LogP contribution in [-0.4, -0.2) is 0 Å². The molecule has 4 heteroatoms. The van der Waals surface area contributed by atoms with Crippen molar-refractivity contribution in [2.75, 3.05) is 0 Å². The average molecular weight is 288 g/mol. The molecule has 0 amide bonds. The summed E-state index contributed by atoms with van der Waals surface area (Å²) in [5, 5.41) is 0.601. The van der Waals surface area contributed by atoms with Crippen LogP contribution in [0.2, 0.25) is 0 Å². The molecule has 1 aromatic heterocycles. The largest absolute Gasteiger partial charge is 1.00 e. The number of benzene rings is 2. The molecule has 1 atom stereocenters. The van der Waals surface area contributed by atoms with Gasteiger partial charge in [0, 0.05) is 5.56 Å². The van der Waals surface area contributed by atoms with Crippen molar-refractivity contribution < 1.29 is 22.6 Å². The van der Waals surface area contributed by atoms with Crippen LogP contribution in [0.4, 0.5) is 0 Å². The highest BCUT2D eigenvalue weighted by Crippen LogP contribution is 2.18. The van der Waals surface area contributed by atoms with Crippen LogP contribution in [0.1, 0.15) is 17.2 Å². The summed E-state index contributed by atoms with van der Waals surface area (Å²) in [6.07, 6.45) is 1.52. The standard InChI is InChI=1S/C16H13NO2.ClH/c17-15(11-6-2-1-3-7-11)13-10-19-14-9-5-4-8-12(14)16(13)18;/h1-10,15H,17H2;1H. The van der Waals surface area contributed by atoms with E-state index >= 15 is 0 Å². The van der Waals surface area contributed by atoms with Crippen LogP contribution in [0.3, 0.4) is 0 Å². The van der Waals surface area contributed by atoms with E-state index in [1.54, 1.807) is 12.1 Å². The van der Waals surface area contributed by atoms with Crippen LogP contribution >= 0.6 is 0 Å². The topological polar surface area (TPSA) is 57.9 Å². The molecule has 0 fully saturated rings. The smallest absolute Gasteiger partial charge is 0.202 e. The quantitative estimate of drug-likeness (QED) is 0.666. The Kier molecular flexibility index (Phi) is 4.23. The number of hydrogen-bond acceptors (Lipinski definition) is 2. The highest BCUT2D eigenvalue weighted by atomic mass is 35.5. The molecule has 0 aliphatic carbocycles. The Balaban J connectivity index is 0.00000147. The molecular formula is C16H14ClNO2. The van der Waals surface area contributed by atoms with Gasteiger partial charge >= 0.3 is 0 Å². The lowest BCUT2D eigenvalue weighted by Crippen LogP contribution is -3.00. The van der Waals surface area contributed by atoms with Crippen molar-refractivity contribution in [2.24, 2.45) is 0 Å². The predicted molar refractivity (Wildman–Crippen MR) is 73.7 cm³/mol. The average Bonchev–Trinajstić information content (AvgIpc) is 2.48. The Bertz CT molecular complexity index is 768. The molecule has 1 heterocycles. The lowest BCUT2D eigenvalue weighted by atomic mass is 10.00. The maximum absolute atomic E-state index is 12.4. The molecule has 0 spiro atoms.